The second kappa shape index (κ2) is 5.33. The van der Waals surface area contributed by atoms with Crippen LogP contribution in [0.3, 0.4) is 0 Å². The summed E-state index contributed by atoms with van der Waals surface area (Å²) in [6, 6.07) is 7.16. The monoisotopic (exact) mass is 368 g/mol. The van der Waals surface area contributed by atoms with Gasteiger partial charge in [-0.1, -0.05) is 40.2 Å². The Hall–Kier alpha value is -1.44. The molecule has 1 aromatic rings. The highest BCUT2D eigenvalue weighted by molar-refractivity contribution is 9.09. The molecule has 7 heteroatoms. The highest BCUT2D eigenvalue weighted by Crippen LogP contribution is 2.53. The summed E-state index contributed by atoms with van der Waals surface area (Å²) in [5, 5.41) is 0. The molecule has 0 N–H and O–H groups in total. The standard InChI is InChI=1S/C15H17BrN2O4/c1-4-17-13(19)15(22-3)11(16)9-7-5-6-8-10(9)12(21-2)18(15)14(17)20/h5-8,11-12H,4H2,1-3H3/t11-,12+,15-/m1/s1. The number of benzene rings is 1. The number of hydrogen-bond acceptors (Lipinski definition) is 4. The number of imide groups is 1. The van der Waals surface area contributed by atoms with Crippen LogP contribution >= 0.6 is 15.9 Å². The predicted octanol–water partition coefficient (Wildman–Crippen LogP) is 2.41. The molecule has 1 aromatic carbocycles. The van der Waals surface area contributed by atoms with Crippen LogP contribution in [-0.4, -0.2) is 48.2 Å². The normalized spacial score (nSPS) is 30.5. The van der Waals surface area contributed by atoms with E-state index < -0.39 is 22.8 Å². The van der Waals surface area contributed by atoms with Gasteiger partial charge in [0, 0.05) is 26.3 Å². The van der Waals surface area contributed by atoms with Gasteiger partial charge in [0.2, 0.25) is 5.72 Å². The third kappa shape index (κ3) is 1.67. The van der Waals surface area contributed by atoms with E-state index in [0.29, 0.717) is 0 Å². The summed E-state index contributed by atoms with van der Waals surface area (Å²) in [4.78, 5) is 27.7. The lowest BCUT2D eigenvalue weighted by Crippen LogP contribution is -2.58. The first-order valence-electron chi connectivity index (χ1n) is 7.00. The zero-order valence-electron chi connectivity index (χ0n) is 12.6. The largest absolute Gasteiger partial charge is 0.357 e. The minimum absolute atomic E-state index is 0.284. The van der Waals surface area contributed by atoms with E-state index in [2.05, 4.69) is 15.9 Å². The van der Waals surface area contributed by atoms with Crippen LogP contribution in [0.4, 0.5) is 4.79 Å². The maximum Gasteiger partial charge on any atom is 0.331 e. The van der Waals surface area contributed by atoms with Gasteiger partial charge in [-0.3, -0.25) is 14.6 Å². The highest BCUT2D eigenvalue weighted by Gasteiger charge is 2.66. The molecule has 2 aliphatic rings. The third-order valence-corrected chi connectivity index (χ3v) is 5.42. The van der Waals surface area contributed by atoms with Gasteiger partial charge in [-0.2, -0.15) is 0 Å². The van der Waals surface area contributed by atoms with E-state index in [1.54, 1.807) is 6.92 Å². The predicted molar refractivity (Wildman–Crippen MR) is 82.2 cm³/mol. The van der Waals surface area contributed by atoms with E-state index in [4.69, 9.17) is 9.47 Å². The second-order valence-corrected chi connectivity index (χ2v) is 6.10. The minimum Gasteiger partial charge on any atom is -0.357 e. The minimum atomic E-state index is -1.43. The number of urea groups is 1. The number of methoxy groups -OCH3 is 2. The SMILES string of the molecule is CCN1C(=O)N2[C@@H](OC)c3ccccc3[C@@H](Br)[C@@]2(OC)C1=O. The Morgan fingerprint density at radius 2 is 1.86 bits per heavy atom. The van der Waals surface area contributed by atoms with E-state index in [1.807, 2.05) is 24.3 Å². The van der Waals surface area contributed by atoms with Gasteiger partial charge in [0.05, 0.1) is 4.83 Å². The fourth-order valence-corrected chi connectivity index (χ4v) is 4.30. The quantitative estimate of drug-likeness (QED) is 0.607. The molecule has 3 amide bonds. The van der Waals surface area contributed by atoms with Crippen LogP contribution in [0.2, 0.25) is 0 Å². The Morgan fingerprint density at radius 1 is 1.23 bits per heavy atom. The first kappa shape index (κ1) is 15.5. The number of amides is 3. The molecule has 2 aliphatic heterocycles. The summed E-state index contributed by atoms with van der Waals surface area (Å²) in [6.07, 6.45) is -0.669. The van der Waals surface area contributed by atoms with Crippen molar-refractivity contribution in [3.63, 3.8) is 0 Å². The number of likely N-dealkylation sites (N-methyl/N-ethyl adjacent to an activating group) is 1. The molecule has 1 fully saturated rings. The summed E-state index contributed by atoms with van der Waals surface area (Å²) < 4.78 is 11.1. The van der Waals surface area contributed by atoms with Crippen LogP contribution in [-0.2, 0) is 14.3 Å². The fourth-order valence-electron chi connectivity index (χ4n) is 3.28. The number of hydrogen-bond donors (Lipinski definition) is 0. The molecule has 0 bridgehead atoms. The summed E-state index contributed by atoms with van der Waals surface area (Å²) in [7, 11) is 2.95. The molecule has 22 heavy (non-hydrogen) atoms. The molecule has 3 atom stereocenters. The molecule has 0 spiro atoms. The Kier molecular flexibility index (Phi) is 3.74. The molecule has 0 radical (unpaired) electrons. The second-order valence-electron chi connectivity index (χ2n) is 5.18. The van der Waals surface area contributed by atoms with Crippen molar-refractivity contribution in [2.24, 2.45) is 0 Å². The van der Waals surface area contributed by atoms with Crippen LogP contribution in [0.15, 0.2) is 24.3 Å². The first-order valence-corrected chi connectivity index (χ1v) is 7.92. The molecular weight excluding hydrogens is 352 g/mol. The van der Waals surface area contributed by atoms with E-state index in [-0.39, 0.29) is 12.5 Å². The average Bonchev–Trinajstić information content (AvgIpc) is 2.76. The van der Waals surface area contributed by atoms with Crippen molar-refractivity contribution in [2.45, 2.75) is 23.7 Å². The highest BCUT2D eigenvalue weighted by atomic mass is 79.9. The van der Waals surface area contributed by atoms with Crippen LogP contribution in [0.25, 0.3) is 0 Å². The maximum absolute atomic E-state index is 12.9. The molecule has 0 aliphatic carbocycles. The van der Waals surface area contributed by atoms with Gasteiger partial charge in [0.1, 0.15) is 0 Å². The number of rotatable bonds is 3. The molecule has 118 valence electrons. The van der Waals surface area contributed by atoms with Crippen molar-refractivity contribution in [3.05, 3.63) is 35.4 Å². The van der Waals surface area contributed by atoms with E-state index in [1.165, 1.54) is 24.0 Å². The number of halogens is 1. The van der Waals surface area contributed by atoms with Crippen molar-refractivity contribution in [1.82, 2.24) is 9.80 Å². The fraction of sp³-hybridized carbons (Fsp3) is 0.467. The average molecular weight is 369 g/mol. The number of ether oxygens (including phenoxy) is 2. The summed E-state index contributed by atoms with van der Waals surface area (Å²) in [5.41, 5.74) is 0.299. The van der Waals surface area contributed by atoms with Crippen molar-refractivity contribution in [2.75, 3.05) is 20.8 Å². The maximum atomic E-state index is 12.9. The molecule has 0 saturated carbocycles. The summed E-state index contributed by atoms with van der Waals surface area (Å²) >= 11 is 3.57. The van der Waals surface area contributed by atoms with Gasteiger partial charge < -0.3 is 9.47 Å². The van der Waals surface area contributed by atoms with Crippen molar-refractivity contribution in [3.8, 4) is 0 Å². The number of carbonyl (C=O) groups is 2. The van der Waals surface area contributed by atoms with Crippen LogP contribution in [0, 0.1) is 0 Å². The third-order valence-electron chi connectivity index (χ3n) is 4.31. The Balaban J connectivity index is 2.27. The Morgan fingerprint density at radius 3 is 2.41 bits per heavy atom. The molecular formula is C15H17BrN2O4. The van der Waals surface area contributed by atoms with Crippen LogP contribution in [0.1, 0.15) is 29.1 Å². The lowest BCUT2D eigenvalue weighted by molar-refractivity contribution is -0.184. The summed E-state index contributed by atoms with van der Waals surface area (Å²) in [5.74, 6) is -0.374. The van der Waals surface area contributed by atoms with Gasteiger partial charge in [-0.25, -0.2) is 4.79 Å². The molecule has 1 saturated heterocycles. The Bertz CT molecular complexity index is 638. The molecule has 6 nitrogen and oxygen atoms in total. The molecule has 2 heterocycles. The zero-order chi connectivity index (χ0) is 16.1. The smallest absolute Gasteiger partial charge is 0.331 e. The van der Waals surface area contributed by atoms with Gasteiger partial charge >= 0.3 is 6.03 Å². The van der Waals surface area contributed by atoms with Crippen LogP contribution in [0.5, 0.6) is 0 Å². The van der Waals surface area contributed by atoms with E-state index >= 15 is 0 Å². The molecule has 3 rings (SSSR count). The van der Waals surface area contributed by atoms with Crippen LogP contribution < -0.4 is 0 Å². The number of fused-ring (bicyclic) bond motifs is 2. The lowest BCUT2D eigenvalue weighted by atomic mass is 9.90. The molecule has 0 unspecified atom stereocenters. The van der Waals surface area contributed by atoms with Gasteiger partial charge in [-0.05, 0) is 12.5 Å². The topological polar surface area (TPSA) is 59.1 Å². The first-order chi connectivity index (χ1) is 10.5. The van der Waals surface area contributed by atoms with Gasteiger partial charge in [-0.15, -0.1) is 0 Å². The van der Waals surface area contributed by atoms with Crippen molar-refractivity contribution < 1.29 is 19.1 Å². The number of alkyl halides is 1. The van der Waals surface area contributed by atoms with Gasteiger partial charge in [0.15, 0.2) is 6.23 Å². The number of nitrogens with zero attached hydrogens (tertiary/aromatic N) is 2. The van der Waals surface area contributed by atoms with E-state index in [0.717, 1.165) is 11.1 Å². The Labute approximate surface area is 137 Å². The van der Waals surface area contributed by atoms with Crippen molar-refractivity contribution in [1.29, 1.82) is 0 Å². The molecule has 0 aromatic heterocycles. The zero-order valence-corrected chi connectivity index (χ0v) is 14.2. The van der Waals surface area contributed by atoms with Gasteiger partial charge in [0.25, 0.3) is 5.91 Å². The van der Waals surface area contributed by atoms with E-state index in [9.17, 15) is 9.59 Å². The van der Waals surface area contributed by atoms with Crippen molar-refractivity contribution >= 4 is 27.9 Å². The number of carbonyl (C=O) groups excluding carboxylic acids is 2. The summed E-state index contributed by atoms with van der Waals surface area (Å²) in [6.45, 7) is 2.04. The lowest BCUT2D eigenvalue weighted by Gasteiger charge is -2.46.